The average Bonchev–Trinajstić information content (AvgIpc) is 2.75. The van der Waals surface area contributed by atoms with E-state index < -0.39 is 0 Å². The third kappa shape index (κ3) is 3.03. The zero-order valence-electron chi connectivity index (χ0n) is 7.91. The van der Waals surface area contributed by atoms with Gasteiger partial charge in [0.05, 0.1) is 6.54 Å². The lowest BCUT2D eigenvalue weighted by molar-refractivity contribution is 0.928. The highest BCUT2D eigenvalue weighted by atomic mass is 79.9. The van der Waals surface area contributed by atoms with Crippen molar-refractivity contribution in [2.75, 3.05) is 11.9 Å². The van der Waals surface area contributed by atoms with Crippen LogP contribution in [-0.4, -0.2) is 12.0 Å². The normalized spacial score (nSPS) is 10.6. The average molecular weight is 368 g/mol. The molecule has 2 aromatic heterocycles. The molecule has 0 aromatic carbocycles. The van der Waals surface area contributed by atoms with Crippen LogP contribution in [0.1, 0.15) is 4.88 Å². The van der Waals surface area contributed by atoms with Gasteiger partial charge in [0.2, 0.25) is 0 Å². The molecule has 0 aliphatic carbocycles. The van der Waals surface area contributed by atoms with E-state index in [1.807, 2.05) is 5.38 Å². The molecule has 0 bridgehead atoms. The van der Waals surface area contributed by atoms with E-state index >= 15 is 0 Å². The van der Waals surface area contributed by atoms with E-state index in [4.69, 9.17) is 0 Å². The maximum atomic E-state index is 4.37. The summed E-state index contributed by atoms with van der Waals surface area (Å²) >= 11 is 10.2. The first-order chi connectivity index (χ1) is 7.15. The molecule has 0 spiro atoms. The van der Waals surface area contributed by atoms with E-state index in [0.29, 0.717) is 0 Å². The van der Waals surface area contributed by atoms with Crippen molar-refractivity contribution in [1.29, 1.82) is 0 Å². The minimum Gasteiger partial charge on any atom is -0.346 e. The summed E-state index contributed by atoms with van der Waals surface area (Å²) in [5, 5.41) is 5.13. The fourth-order valence-electron chi connectivity index (χ4n) is 1.16. The Balaban J connectivity index is 2.06. The highest BCUT2D eigenvalue weighted by molar-refractivity contribution is 9.10. The van der Waals surface area contributed by atoms with Crippen LogP contribution >= 0.6 is 54.5 Å². The van der Waals surface area contributed by atoms with Gasteiger partial charge in [-0.15, -0.1) is 22.7 Å². The molecule has 2 heterocycles. The summed E-state index contributed by atoms with van der Waals surface area (Å²) in [7, 11) is 2.05. The third-order valence-electron chi connectivity index (χ3n) is 1.81. The largest absolute Gasteiger partial charge is 0.346 e. The van der Waals surface area contributed by atoms with Crippen LogP contribution < -0.4 is 4.90 Å². The Labute approximate surface area is 113 Å². The summed E-state index contributed by atoms with van der Waals surface area (Å²) in [6.07, 6.45) is 0. The Morgan fingerprint density at radius 2 is 2.13 bits per heavy atom. The van der Waals surface area contributed by atoms with Crippen molar-refractivity contribution >= 4 is 59.7 Å². The molecule has 2 rings (SSSR count). The second-order valence-electron chi connectivity index (χ2n) is 3.04. The maximum Gasteiger partial charge on any atom is 0.186 e. The number of rotatable bonds is 3. The molecule has 0 N–H and O–H groups in total. The standard InChI is InChI=1S/C9H8Br2N2S2/c1-13(9-12-8(11)5-15-9)3-7-2-6(10)4-14-7/h2,4-5H,3H2,1H3. The smallest absolute Gasteiger partial charge is 0.186 e. The van der Waals surface area contributed by atoms with Crippen LogP contribution in [0.2, 0.25) is 0 Å². The van der Waals surface area contributed by atoms with Crippen molar-refractivity contribution < 1.29 is 0 Å². The zero-order chi connectivity index (χ0) is 10.8. The van der Waals surface area contributed by atoms with Gasteiger partial charge in [0.15, 0.2) is 5.13 Å². The Bertz CT molecular complexity index is 452. The second-order valence-corrected chi connectivity index (χ2v) is 6.60. The summed E-state index contributed by atoms with van der Waals surface area (Å²) in [4.78, 5) is 7.84. The lowest BCUT2D eigenvalue weighted by Gasteiger charge is -2.13. The van der Waals surface area contributed by atoms with E-state index in [1.54, 1.807) is 22.7 Å². The first-order valence-corrected chi connectivity index (χ1v) is 7.55. The lowest BCUT2D eigenvalue weighted by atomic mass is 10.4. The molecule has 15 heavy (non-hydrogen) atoms. The molecule has 0 amide bonds. The first kappa shape index (κ1) is 11.6. The van der Waals surface area contributed by atoms with E-state index in [1.165, 1.54) is 4.88 Å². The fourth-order valence-corrected chi connectivity index (χ4v) is 3.88. The van der Waals surface area contributed by atoms with Gasteiger partial charge in [0.25, 0.3) is 0 Å². The summed E-state index contributed by atoms with van der Waals surface area (Å²) in [6, 6.07) is 2.14. The predicted molar refractivity (Wildman–Crippen MR) is 73.9 cm³/mol. The Morgan fingerprint density at radius 3 is 2.67 bits per heavy atom. The number of aromatic nitrogens is 1. The molecule has 6 heteroatoms. The van der Waals surface area contributed by atoms with Crippen LogP contribution in [-0.2, 0) is 6.54 Å². The van der Waals surface area contributed by atoms with Crippen LogP contribution in [0.5, 0.6) is 0 Å². The molecular weight excluding hydrogens is 360 g/mol. The molecule has 0 aliphatic heterocycles. The van der Waals surface area contributed by atoms with Crippen molar-refractivity contribution in [3.63, 3.8) is 0 Å². The Morgan fingerprint density at radius 1 is 1.33 bits per heavy atom. The van der Waals surface area contributed by atoms with Gasteiger partial charge < -0.3 is 4.90 Å². The van der Waals surface area contributed by atoms with Crippen molar-refractivity contribution in [2.24, 2.45) is 0 Å². The van der Waals surface area contributed by atoms with Crippen molar-refractivity contribution in [3.05, 3.63) is 30.8 Å². The zero-order valence-corrected chi connectivity index (χ0v) is 12.7. The highest BCUT2D eigenvalue weighted by Gasteiger charge is 2.07. The van der Waals surface area contributed by atoms with E-state index in [9.17, 15) is 0 Å². The molecule has 2 aromatic rings. The second kappa shape index (κ2) is 4.95. The summed E-state index contributed by atoms with van der Waals surface area (Å²) < 4.78 is 2.05. The first-order valence-electron chi connectivity index (χ1n) is 4.20. The molecule has 0 atom stereocenters. The summed E-state index contributed by atoms with van der Waals surface area (Å²) in [6.45, 7) is 0.899. The molecule has 0 unspecified atom stereocenters. The molecule has 0 aliphatic rings. The maximum absolute atomic E-state index is 4.37. The van der Waals surface area contributed by atoms with Gasteiger partial charge in [-0.1, -0.05) is 0 Å². The van der Waals surface area contributed by atoms with E-state index in [0.717, 1.165) is 20.8 Å². The number of halogens is 2. The lowest BCUT2D eigenvalue weighted by Crippen LogP contribution is -2.15. The molecule has 0 saturated heterocycles. The number of anilines is 1. The molecule has 0 saturated carbocycles. The Hall–Kier alpha value is 0.0900. The van der Waals surface area contributed by atoms with Crippen LogP contribution in [0.4, 0.5) is 5.13 Å². The number of hydrogen-bond donors (Lipinski definition) is 0. The molecular formula is C9H8Br2N2S2. The van der Waals surface area contributed by atoms with Gasteiger partial charge in [-0.3, -0.25) is 0 Å². The van der Waals surface area contributed by atoms with Crippen LogP contribution in [0, 0.1) is 0 Å². The highest BCUT2D eigenvalue weighted by Crippen LogP contribution is 2.26. The van der Waals surface area contributed by atoms with Crippen molar-refractivity contribution in [3.8, 4) is 0 Å². The monoisotopic (exact) mass is 366 g/mol. The predicted octanol–water partition coefficient (Wildman–Crippen LogP) is 4.37. The van der Waals surface area contributed by atoms with Gasteiger partial charge in [0.1, 0.15) is 4.60 Å². The van der Waals surface area contributed by atoms with Gasteiger partial charge in [-0.25, -0.2) is 4.98 Å². The van der Waals surface area contributed by atoms with Crippen LogP contribution in [0.25, 0.3) is 0 Å². The third-order valence-corrected chi connectivity index (χ3v) is 5.15. The van der Waals surface area contributed by atoms with E-state index in [2.05, 4.69) is 60.2 Å². The molecule has 0 fully saturated rings. The van der Waals surface area contributed by atoms with Gasteiger partial charge in [0, 0.05) is 27.2 Å². The van der Waals surface area contributed by atoms with Gasteiger partial charge in [-0.05, 0) is 37.9 Å². The van der Waals surface area contributed by atoms with Crippen molar-refractivity contribution in [1.82, 2.24) is 4.98 Å². The van der Waals surface area contributed by atoms with Gasteiger partial charge >= 0.3 is 0 Å². The minimum atomic E-state index is 0.899. The fraction of sp³-hybridized carbons (Fsp3) is 0.222. The SMILES string of the molecule is CN(Cc1cc(Br)cs1)c1nc(Br)cs1. The number of nitrogens with zero attached hydrogens (tertiary/aromatic N) is 2. The van der Waals surface area contributed by atoms with Crippen molar-refractivity contribution in [2.45, 2.75) is 6.54 Å². The number of thiazole rings is 1. The van der Waals surface area contributed by atoms with E-state index in [-0.39, 0.29) is 0 Å². The Kier molecular flexibility index (Phi) is 3.82. The molecule has 2 nitrogen and oxygen atoms in total. The summed E-state index contributed by atoms with van der Waals surface area (Å²) in [5.74, 6) is 0. The van der Waals surface area contributed by atoms with Gasteiger partial charge in [-0.2, -0.15) is 0 Å². The number of thiophene rings is 1. The summed E-state index contributed by atoms with van der Waals surface area (Å²) in [5.41, 5.74) is 0. The molecule has 80 valence electrons. The quantitative estimate of drug-likeness (QED) is 0.800. The molecule has 0 radical (unpaired) electrons. The van der Waals surface area contributed by atoms with Crippen LogP contribution in [0.15, 0.2) is 25.9 Å². The minimum absolute atomic E-state index is 0.899. The van der Waals surface area contributed by atoms with Crippen LogP contribution in [0.3, 0.4) is 0 Å². The topological polar surface area (TPSA) is 16.1 Å². The number of hydrogen-bond acceptors (Lipinski definition) is 4.